The monoisotopic (exact) mass is 264 g/mol. The summed E-state index contributed by atoms with van der Waals surface area (Å²) in [5.74, 6) is -1.30. The molecule has 0 aliphatic rings. The summed E-state index contributed by atoms with van der Waals surface area (Å²) >= 11 is 0. The van der Waals surface area contributed by atoms with Gasteiger partial charge in [0, 0.05) is 5.69 Å². The average molecular weight is 264 g/mol. The molecular weight excluding hydrogens is 244 g/mol. The van der Waals surface area contributed by atoms with E-state index in [2.05, 4.69) is 5.32 Å². The number of carboxylic acid groups (broad SMARTS) is 1. The van der Waals surface area contributed by atoms with Gasteiger partial charge in [-0.25, -0.2) is 0 Å². The molecule has 0 fully saturated rings. The second-order valence-electron chi connectivity index (χ2n) is 4.78. The second-order valence-corrected chi connectivity index (χ2v) is 4.78. The van der Waals surface area contributed by atoms with Crippen LogP contribution in [0.15, 0.2) is 30.3 Å². The number of hydrogen-bond acceptors (Lipinski definition) is 3. The third-order valence-electron chi connectivity index (χ3n) is 2.76. The van der Waals surface area contributed by atoms with Gasteiger partial charge in [0.25, 0.3) is 0 Å². The van der Waals surface area contributed by atoms with Gasteiger partial charge >= 0.3 is 5.97 Å². The summed E-state index contributed by atoms with van der Waals surface area (Å²) in [6.07, 6.45) is 0. The molecule has 1 amide bonds. The van der Waals surface area contributed by atoms with E-state index in [0.717, 1.165) is 0 Å². The van der Waals surface area contributed by atoms with Crippen molar-refractivity contribution >= 4 is 17.6 Å². The quantitative estimate of drug-likeness (QED) is 0.816. The van der Waals surface area contributed by atoms with Gasteiger partial charge in [-0.3, -0.25) is 14.5 Å². The van der Waals surface area contributed by atoms with Crippen LogP contribution in [0.1, 0.15) is 20.8 Å². The molecule has 2 N–H and O–H groups in total. The van der Waals surface area contributed by atoms with Crippen LogP contribution >= 0.6 is 0 Å². The first-order chi connectivity index (χ1) is 8.88. The van der Waals surface area contributed by atoms with E-state index < -0.39 is 11.5 Å². The van der Waals surface area contributed by atoms with Gasteiger partial charge in [0.15, 0.2) is 0 Å². The van der Waals surface area contributed by atoms with E-state index in [1.165, 1.54) is 4.90 Å². The van der Waals surface area contributed by atoms with Gasteiger partial charge in [-0.1, -0.05) is 25.1 Å². The molecule has 0 aliphatic heterocycles. The van der Waals surface area contributed by atoms with Crippen LogP contribution < -0.4 is 10.2 Å². The predicted octanol–water partition coefficient (Wildman–Crippen LogP) is 1.49. The van der Waals surface area contributed by atoms with E-state index in [1.807, 2.05) is 13.0 Å². The lowest BCUT2D eigenvalue weighted by Gasteiger charge is -2.31. The first-order valence-corrected chi connectivity index (χ1v) is 6.22. The maximum Gasteiger partial charge on any atom is 0.323 e. The minimum atomic E-state index is -1.04. The molecule has 104 valence electrons. The number of nitrogens with one attached hydrogen (secondary N) is 1. The Labute approximate surface area is 113 Å². The molecule has 1 aromatic rings. The number of para-hydroxylation sites is 1. The molecule has 1 rings (SSSR count). The van der Waals surface area contributed by atoms with Crippen molar-refractivity contribution in [2.24, 2.45) is 0 Å². The molecule has 0 heterocycles. The molecule has 0 aliphatic carbocycles. The Morgan fingerprint density at radius 3 is 2.32 bits per heavy atom. The van der Waals surface area contributed by atoms with E-state index in [0.29, 0.717) is 12.2 Å². The van der Waals surface area contributed by atoms with Crippen molar-refractivity contribution in [3.63, 3.8) is 0 Å². The van der Waals surface area contributed by atoms with Gasteiger partial charge in [-0.15, -0.1) is 0 Å². The van der Waals surface area contributed by atoms with Gasteiger partial charge < -0.3 is 10.4 Å². The van der Waals surface area contributed by atoms with Crippen LogP contribution in [0.4, 0.5) is 5.69 Å². The van der Waals surface area contributed by atoms with Crippen LogP contribution in [-0.2, 0) is 9.59 Å². The first-order valence-electron chi connectivity index (χ1n) is 6.22. The summed E-state index contributed by atoms with van der Waals surface area (Å²) in [7, 11) is 0. The van der Waals surface area contributed by atoms with Crippen molar-refractivity contribution in [1.82, 2.24) is 5.32 Å². The van der Waals surface area contributed by atoms with E-state index >= 15 is 0 Å². The highest BCUT2D eigenvalue weighted by atomic mass is 16.4. The molecule has 0 atom stereocenters. The highest BCUT2D eigenvalue weighted by Crippen LogP contribution is 2.18. The van der Waals surface area contributed by atoms with Gasteiger partial charge in [-0.05, 0) is 32.5 Å². The van der Waals surface area contributed by atoms with Crippen molar-refractivity contribution in [3.8, 4) is 0 Å². The zero-order valence-electron chi connectivity index (χ0n) is 11.5. The summed E-state index contributed by atoms with van der Waals surface area (Å²) < 4.78 is 0. The summed E-state index contributed by atoms with van der Waals surface area (Å²) in [6.45, 7) is 5.68. The lowest BCUT2D eigenvalue weighted by atomic mass is 10.0. The molecule has 19 heavy (non-hydrogen) atoms. The summed E-state index contributed by atoms with van der Waals surface area (Å²) in [4.78, 5) is 24.7. The minimum absolute atomic E-state index is 0.261. The van der Waals surface area contributed by atoms with E-state index in [-0.39, 0.29) is 12.5 Å². The summed E-state index contributed by atoms with van der Waals surface area (Å²) in [6, 6.07) is 8.82. The fourth-order valence-corrected chi connectivity index (χ4v) is 1.88. The number of rotatable bonds is 6. The van der Waals surface area contributed by atoms with Gasteiger partial charge in [0.05, 0.1) is 5.54 Å². The van der Waals surface area contributed by atoms with Crippen molar-refractivity contribution in [2.45, 2.75) is 26.3 Å². The lowest BCUT2D eigenvalue weighted by Crippen LogP contribution is -2.55. The van der Waals surface area contributed by atoms with Crippen LogP contribution in [0.25, 0.3) is 0 Å². The van der Waals surface area contributed by atoms with Crippen molar-refractivity contribution in [2.75, 3.05) is 18.0 Å². The Morgan fingerprint density at radius 1 is 1.26 bits per heavy atom. The molecule has 5 nitrogen and oxygen atoms in total. The molecule has 0 saturated carbocycles. The van der Waals surface area contributed by atoms with Gasteiger partial charge in [-0.2, -0.15) is 0 Å². The number of carbonyl (C=O) groups excluding carboxylic acids is 1. The number of carbonyl (C=O) groups is 2. The largest absolute Gasteiger partial charge is 0.480 e. The molecule has 1 aromatic carbocycles. The third-order valence-corrected chi connectivity index (χ3v) is 2.76. The molecule has 0 aromatic heterocycles. The number of aliphatic carboxylic acids is 1. The number of hydrogen-bond donors (Lipinski definition) is 2. The second kappa shape index (κ2) is 6.33. The Kier molecular flexibility index (Phi) is 5.06. The van der Waals surface area contributed by atoms with E-state index in [4.69, 9.17) is 5.11 Å². The number of likely N-dealkylation sites (N-methyl/N-ethyl adjacent to an activating group) is 1. The van der Waals surface area contributed by atoms with Crippen molar-refractivity contribution < 1.29 is 14.7 Å². The van der Waals surface area contributed by atoms with Gasteiger partial charge in [0.2, 0.25) is 5.91 Å². The van der Waals surface area contributed by atoms with Crippen molar-refractivity contribution in [1.29, 1.82) is 0 Å². The fraction of sp³-hybridized carbons (Fsp3) is 0.429. The van der Waals surface area contributed by atoms with Crippen LogP contribution in [0.2, 0.25) is 0 Å². The Hall–Kier alpha value is -1.88. The molecule has 0 radical (unpaired) electrons. The average Bonchev–Trinajstić information content (AvgIpc) is 2.36. The normalized spacial score (nSPS) is 11.1. The molecular formula is C14H20N2O3. The van der Waals surface area contributed by atoms with Crippen LogP contribution in [0, 0.1) is 0 Å². The van der Waals surface area contributed by atoms with Crippen LogP contribution in [0.3, 0.4) is 0 Å². The fourth-order valence-electron chi connectivity index (χ4n) is 1.88. The zero-order valence-corrected chi connectivity index (χ0v) is 11.5. The summed E-state index contributed by atoms with van der Waals surface area (Å²) in [5, 5.41) is 12.0. The molecule has 0 unspecified atom stereocenters. The van der Waals surface area contributed by atoms with Crippen LogP contribution in [0.5, 0.6) is 0 Å². The SMILES string of the molecule is CCNC(C)(C)C(=O)N(CC(=O)O)c1ccccc1. The maximum atomic E-state index is 12.5. The zero-order chi connectivity index (χ0) is 14.5. The Balaban J connectivity index is 3.04. The highest BCUT2D eigenvalue weighted by Gasteiger charge is 2.32. The topological polar surface area (TPSA) is 69.6 Å². The number of amides is 1. The number of carboxylic acids is 1. The minimum Gasteiger partial charge on any atom is -0.480 e. The first kappa shape index (κ1) is 15.2. The number of nitrogens with zero attached hydrogens (tertiary/aromatic N) is 1. The molecule has 0 bridgehead atoms. The third kappa shape index (κ3) is 4.06. The van der Waals surface area contributed by atoms with Gasteiger partial charge in [0.1, 0.15) is 6.54 Å². The number of benzene rings is 1. The Bertz CT molecular complexity index is 443. The maximum absolute atomic E-state index is 12.5. The molecule has 0 saturated heterocycles. The predicted molar refractivity (Wildman–Crippen MR) is 74.2 cm³/mol. The van der Waals surface area contributed by atoms with E-state index in [9.17, 15) is 9.59 Å². The van der Waals surface area contributed by atoms with Crippen molar-refractivity contribution in [3.05, 3.63) is 30.3 Å². The molecule has 5 heteroatoms. The molecule has 0 spiro atoms. The highest BCUT2D eigenvalue weighted by molar-refractivity contribution is 6.02. The standard InChI is InChI=1S/C14H20N2O3/c1-4-15-14(2,3)13(19)16(10-12(17)18)11-8-6-5-7-9-11/h5-9,15H,4,10H2,1-3H3,(H,17,18). The lowest BCUT2D eigenvalue weighted by molar-refractivity contribution is -0.137. The smallest absolute Gasteiger partial charge is 0.323 e. The summed E-state index contributed by atoms with van der Waals surface area (Å²) in [5.41, 5.74) is -0.221. The Morgan fingerprint density at radius 2 is 1.84 bits per heavy atom. The van der Waals surface area contributed by atoms with Crippen LogP contribution in [-0.4, -0.2) is 35.6 Å². The number of anilines is 1. The van der Waals surface area contributed by atoms with E-state index in [1.54, 1.807) is 38.1 Å².